The van der Waals surface area contributed by atoms with Crippen molar-refractivity contribution in [1.82, 2.24) is 5.16 Å². The van der Waals surface area contributed by atoms with Crippen molar-refractivity contribution >= 4 is 17.7 Å². The van der Waals surface area contributed by atoms with Gasteiger partial charge >= 0.3 is 5.97 Å². The van der Waals surface area contributed by atoms with Gasteiger partial charge in [0.2, 0.25) is 5.91 Å². The van der Waals surface area contributed by atoms with E-state index in [1.807, 2.05) is 6.07 Å². The molecule has 0 aliphatic carbocycles. The number of esters is 1. The molecule has 1 aliphatic heterocycles. The molecule has 1 aliphatic rings. The number of carbonyl (C=O) groups excluding carboxylic acids is 2. The first-order valence-electron chi connectivity index (χ1n) is 7.15. The third-order valence-electron chi connectivity index (χ3n) is 3.67. The number of hydrogen-bond donors (Lipinski definition) is 1. The van der Waals surface area contributed by atoms with Crippen molar-refractivity contribution in [2.24, 2.45) is 5.92 Å². The molecule has 0 radical (unpaired) electrons. The predicted molar refractivity (Wildman–Crippen MR) is 79.8 cm³/mol. The van der Waals surface area contributed by atoms with Crippen LogP contribution in [-0.4, -0.2) is 24.1 Å². The molecule has 2 heterocycles. The minimum Gasteiger partial charge on any atom is -0.496 e. The van der Waals surface area contributed by atoms with Crippen LogP contribution in [0.5, 0.6) is 5.75 Å². The third kappa shape index (κ3) is 3.03. The minimum absolute atomic E-state index is 0.00534. The third-order valence-corrected chi connectivity index (χ3v) is 3.67. The number of hydrogen-bond acceptors (Lipinski definition) is 6. The normalized spacial score (nSPS) is 20.2. The van der Waals surface area contributed by atoms with Crippen LogP contribution in [0.25, 0.3) is 0 Å². The molecule has 1 aromatic heterocycles. The van der Waals surface area contributed by atoms with E-state index in [0.717, 1.165) is 0 Å². The highest BCUT2D eigenvalue weighted by Crippen LogP contribution is 2.40. The Morgan fingerprint density at radius 2 is 2.17 bits per heavy atom. The molecular weight excluding hydrogens is 300 g/mol. The number of aryl methyl sites for hydroxylation is 1. The van der Waals surface area contributed by atoms with E-state index in [1.165, 1.54) is 7.11 Å². The number of amides is 1. The van der Waals surface area contributed by atoms with Crippen molar-refractivity contribution in [3.63, 3.8) is 0 Å². The summed E-state index contributed by atoms with van der Waals surface area (Å²) in [5.41, 5.74) is 0.664. The molecule has 120 valence electrons. The fraction of sp³-hybridized carbons (Fsp3) is 0.312. The Morgan fingerprint density at radius 3 is 2.87 bits per heavy atom. The second-order valence-electron chi connectivity index (χ2n) is 5.28. The molecule has 0 spiro atoms. The molecule has 1 N–H and O–H groups in total. The summed E-state index contributed by atoms with van der Waals surface area (Å²) in [5.74, 6) is 0.0430. The van der Waals surface area contributed by atoms with E-state index in [0.29, 0.717) is 22.9 Å². The number of anilines is 1. The molecule has 0 unspecified atom stereocenters. The summed E-state index contributed by atoms with van der Waals surface area (Å²) in [4.78, 5) is 24.2. The van der Waals surface area contributed by atoms with Crippen LogP contribution in [-0.2, 0) is 14.3 Å². The maximum Gasteiger partial charge on any atom is 0.307 e. The van der Waals surface area contributed by atoms with Gasteiger partial charge in [0.1, 0.15) is 17.6 Å². The molecule has 2 aromatic rings. The van der Waals surface area contributed by atoms with Crippen molar-refractivity contribution in [2.75, 3.05) is 12.4 Å². The summed E-state index contributed by atoms with van der Waals surface area (Å²) in [6, 6.07) is 8.76. The van der Waals surface area contributed by atoms with E-state index >= 15 is 0 Å². The average molecular weight is 316 g/mol. The SMILES string of the molecule is COc1ccccc1[C@H]1OC(=O)C[C@@H]1C(=O)Nc1cc(C)on1. The highest BCUT2D eigenvalue weighted by atomic mass is 16.6. The Labute approximate surface area is 132 Å². The van der Waals surface area contributed by atoms with Gasteiger partial charge in [0.15, 0.2) is 5.82 Å². The molecule has 7 nitrogen and oxygen atoms in total. The summed E-state index contributed by atoms with van der Waals surface area (Å²) < 4.78 is 15.5. The van der Waals surface area contributed by atoms with E-state index in [4.69, 9.17) is 14.0 Å². The fourth-order valence-corrected chi connectivity index (χ4v) is 2.61. The van der Waals surface area contributed by atoms with Gasteiger partial charge in [-0.3, -0.25) is 9.59 Å². The number of para-hydroxylation sites is 1. The van der Waals surface area contributed by atoms with Crippen LogP contribution < -0.4 is 10.1 Å². The van der Waals surface area contributed by atoms with Gasteiger partial charge in [0.25, 0.3) is 0 Å². The number of nitrogens with one attached hydrogen (secondary N) is 1. The Morgan fingerprint density at radius 1 is 1.39 bits per heavy atom. The number of ether oxygens (including phenoxy) is 2. The van der Waals surface area contributed by atoms with Gasteiger partial charge in [0.05, 0.1) is 19.4 Å². The van der Waals surface area contributed by atoms with Crippen LogP contribution in [0.2, 0.25) is 0 Å². The van der Waals surface area contributed by atoms with Gasteiger partial charge in [-0.15, -0.1) is 0 Å². The molecule has 2 atom stereocenters. The van der Waals surface area contributed by atoms with E-state index in [1.54, 1.807) is 31.2 Å². The molecular formula is C16H16N2O5. The summed E-state index contributed by atoms with van der Waals surface area (Å²) >= 11 is 0. The summed E-state index contributed by atoms with van der Waals surface area (Å²) in [5, 5.41) is 6.37. The van der Waals surface area contributed by atoms with Crippen LogP contribution >= 0.6 is 0 Å². The van der Waals surface area contributed by atoms with E-state index in [-0.39, 0.29) is 12.3 Å². The van der Waals surface area contributed by atoms with E-state index in [9.17, 15) is 9.59 Å². The zero-order valence-corrected chi connectivity index (χ0v) is 12.7. The second kappa shape index (κ2) is 6.12. The van der Waals surface area contributed by atoms with Gasteiger partial charge in [-0.1, -0.05) is 23.4 Å². The van der Waals surface area contributed by atoms with Crippen LogP contribution in [0.1, 0.15) is 23.8 Å². The first-order valence-corrected chi connectivity index (χ1v) is 7.15. The topological polar surface area (TPSA) is 90.7 Å². The first-order chi connectivity index (χ1) is 11.1. The maximum absolute atomic E-state index is 12.5. The Hall–Kier alpha value is -2.83. The number of cyclic esters (lactones) is 1. The highest BCUT2D eigenvalue weighted by molar-refractivity contribution is 5.95. The molecule has 7 heteroatoms. The van der Waals surface area contributed by atoms with Gasteiger partial charge < -0.3 is 19.3 Å². The lowest BCUT2D eigenvalue weighted by atomic mass is 9.93. The molecule has 0 bridgehead atoms. The standard InChI is InChI=1S/C16H16N2O5/c1-9-7-13(18-23-9)17-16(20)11-8-14(19)22-15(11)10-5-3-4-6-12(10)21-2/h3-7,11,15H,8H2,1-2H3,(H,17,18,20)/t11-,15+/m0/s1. The van der Waals surface area contributed by atoms with Gasteiger partial charge in [-0.05, 0) is 13.0 Å². The number of rotatable bonds is 4. The number of benzene rings is 1. The number of methoxy groups -OCH3 is 1. The van der Waals surface area contributed by atoms with Gasteiger partial charge in [0, 0.05) is 11.6 Å². The van der Waals surface area contributed by atoms with Crippen LogP contribution in [0.4, 0.5) is 5.82 Å². The largest absolute Gasteiger partial charge is 0.496 e. The molecule has 23 heavy (non-hydrogen) atoms. The predicted octanol–water partition coefficient (Wildman–Crippen LogP) is 2.23. The summed E-state index contributed by atoms with van der Waals surface area (Å²) in [7, 11) is 1.53. The summed E-state index contributed by atoms with van der Waals surface area (Å²) in [6.07, 6.45) is -0.683. The zero-order chi connectivity index (χ0) is 16.4. The summed E-state index contributed by atoms with van der Waals surface area (Å²) in [6.45, 7) is 1.72. The van der Waals surface area contributed by atoms with Crippen molar-refractivity contribution in [2.45, 2.75) is 19.4 Å². The average Bonchev–Trinajstić information content (AvgIpc) is 3.13. The van der Waals surface area contributed by atoms with Crippen molar-refractivity contribution in [3.8, 4) is 5.75 Å². The van der Waals surface area contributed by atoms with Crippen LogP contribution in [0.3, 0.4) is 0 Å². The maximum atomic E-state index is 12.5. The van der Waals surface area contributed by atoms with Crippen molar-refractivity contribution < 1.29 is 23.6 Å². The number of aromatic nitrogens is 1. The molecule has 3 rings (SSSR count). The Kier molecular flexibility index (Phi) is 4.01. The highest BCUT2D eigenvalue weighted by Gasteiger charge is 2.42. The molecule has 0 saturated carbocycles. The zero-order valence-electron chi connectivity index (χ0n) is 12.7. The monoisotopic (exact) mass is 316 g/mol. The fourth-order valence-electron chi connectivity index (χ4n) is 2.61. The molecule has 1 amide bonds. The molecule has 1 fully saturated rings. The molecule has 1 aromatic carbocycles. The lowest BCUT2D eigenvalue weighted by molar-refractivity contribution is -0.141. The number of carbonyl (C=O) groups is 2. The first kappa shape index (κ1) is 15.1. The number of nitrogens with zero attached hydrogens (tertiary/aromatic N) is 1. The lowest BCUT2D eigenvalue weighted by Gasteiger charge is -2.19. The quantitative estimate of drug-likeness (QED) is 0.870. The smallest absolute Gasteiger partial charge is 0.307 e. The van der Waals surface area contributed by atoms with E-state index in [2.05, 4.69) is 10.5 Å². The lowest BCUT2D eigenvalue weighted by Crippen LogP contribution is -2.25. The second-order valence-corrected chi connectivity index (χ2v) is 5.28. The van der Waals surface area contributed by atoms with Crippen LogP contribution in [0, 0.1) is 12.8 Å². The van der Waals surface area contributed by atoms with Crippen LogP contribution in [0.15, 0.2) is 34.9 Å². The van der Waals surface area contributed by atoms with E-state index < -0.39 is 18.0 Å². The van der Waals surface area contributed by atoms with Gasteiger partial charge in [-0.2, -0.15) is 0 Å². The van der Waals surface area contributed by atoms with Crippen molar-refractivity contribution in [1.29, 1.82) is 0 Å². The van der Waals surface area contributed by atoms with Gasteiger partial charge in [-0.25, -0.2) is 0 Å². The molecule has 1 saturated heterocycles. The minimum atomic E-state index is -0.688. The van der Waals surface area contributed by atoms with Crippen molar-refractivity contribution in [3.05, 3.63) is 41.7 Å². The Balaban J connectivity index is 1.84. The Bertz CT molecular complexity index is 740.